The average molecular weight is 251 g/mol. The van der Waals surface area contributed by atoms with E-state index in [2.05, 4.69) is 5.32 Å². The van der Waals surface area contributed by atoms with E-state index in [0.29, 0.717) is 6.61 Å². The number of hydrogen-bond donors (Lipinski definition) is 1. The Bertz CT molecular complexity index is 327. The van der Waals surface area contributed by atoms with Crippen molar-refractivity contribution >= 4 is 0 Å². The molecule has 0 aromatic carbocycles. The van der Waals surface area contributed by atoms with E-state index in [0.717, 1.165) is 24.8 Å². The van der Waals surface area contributed by atoms with Gasteiger partial charge in [-0.05, 0) is 31.9 Å². The SMILES string of the molecule is CNCc1occc1COCC1CCCCCC1. The van der Waals surface area contributed by atoms with Crippen LogP contribution in [0.15, 0.2) is 16.7 Å². The first kappa shape index (κ1) is 13.6. The van der Waals surface area contributed by atoms with Gasteiger partial charge < -0.3 is 14.5 Å². The molecule has 1 saturated carbocycles. The molecule has 1 heterocycles. The lowest BCUT2D eigenvalue weighted by molar-refractivity contribution is 0.0809. The van der Waals surface area contributed by atoms with Gasteiger partial charge >= 0.3 is 0 Å². The highest BCUT2D eigenvalue weighted by molar-refractivity contribution is 5.15. The van der Waals surface area contributed by atoms with Gasteiger partial charge in [0.05, 0.1) is 19.4 Å². The van der Waals surface area contributed by atoms with Crippen molar-refractivity contribution in [2.75, 3.05) is 13.7 Å². The van der Waals surface area contributed by atoms with E-state index in [1.807, 2.05) is 13.1 Å². The molecule has 3 heteroatoms. The second kappa shape index (κ2) is 7.59. The van der Waals surface area contributed by atoms with Crippen LogP contribution in [0.3, 0.4) is 0 Å². The van der Waals surface area contributed by atoms with Crippen LogP contribution in [0.1, 0.15) is 49.8 Å². The summed E-state index contributed by atoms with van der Waals surface area (Å²) in [6.45, 7) is 2.36. The predicted molar refractivity (Wildman–Crippen MR) is 72.3 cm³/mol. The summed E-state index contributed by atoms with van der Waals surface area (Å²) in [4.78, 5) is 0. The smallest absolute Gasteiger partial charge is 0.123 e. The summed E-state index contributed by atoms with van der Waals surface area (Å²) in [5.74, 6) is 1.77. The van der Waals surface area contributed by atoms with Crippen molar-refractivity contribution in [2.24, 2.45) is 5.92 Å². The standard InChI is InChI=1S/C15H25NO2/c1-16-10-15-14(8-9-18-15)12-17-11-13-6-4-2-3-5-7-13/h8-9,13,16H,2-7,10-12H2,1H3. The van der Waals surface area contributed by atoms with E-state index in [1.165, 1.54) is 44.1 Å². The summed E-state index contributed by atoms with van der Waals surface area (Å²) < 4.78 is 11.3. The first-order valence-electron chi connectivity index (χ1n) is 7.17. The van der Waals surface area contributed by atoms with Crippen LogP contribution in [0.5, 0.6) is 0 Å². The van der Waals surface area contributed by atoms with Gasteiger partial charge in [0.15, 0.2) is 0 Å². The zero-order valence-corrected chi connectivity index (χ0v) is 11.4. The van der Waals surface area contributed by atoms with E-state index in [9.17, 15) is 0 Å². The molecular weight excluding hydrogens is 226 g/mol. The molecule has 0 aliphatic heterocycles. The summed E-state index contributed by atoms with van der Waals surface area (Å²) in [7, 11) is 1.93. The van der Waals surface area contributed by atoms with Gasteiger partial charge in [-0.1, -0.05) is 25.7 Å². The molecule has 3 nitrogen and oxygen atoms in total. The Morgan fingerprint density at radius 3 is 2.78 bits per heavy atom. The maximum Gasteiger partial charge on any atom is 0.123 e. The van der Waals surface area contributed by atoms with Gasteiger partial charge in [0, 0.05) is 12.2 Å². The van der Waals surface area contributed by atoms with Crippen molar-refractivity contribution in [3.05, 3.63) is 23.7 Å². The van der Waals surface area contributed by atoms with E-state index in [1.54, 1.807) is 6.26 Å². The van der Waals surface area contributed by atoms with Crippen LogP contribution in [-0.2, 0) is 17.9 Å². The Balaban J connectivity index is 1.72. The highest BCUT2D eigenvalue weighted by Gasteiger charge is 2.13. The number of rotatable bonds is 6. The normalized spacial score (nSPS) is 17.8. The molecule has 0 saturated heterocycles. The van der Waals surface area contributed by atoms with Gasteiger partial charge in [-0.15, -0.1) is 0 Å². The molecule has 1 aliphatic carbocycles. The lowest BCUT2D eigenvalue weighted by Gasteiger charge is -2.14. The molecule has 1 aromatic rings. The average Bonchev–Trinajstić information content (AvgIpc) is 2.65. The second-order valence-electron chi connectivity index (χ2n) is 5.27. The minimum absolute atomic E-state index is 0.685. The van der Waals surface area contributed by atoms with Gasteiger partial charge in [-0.25, -0.2) is 0 Å². The Morgan fingerprint density at radius 2 is 2.06 bits per heavy atom. The van der Waals surface area contributed by atoms with Gasteiger partial charge in [0.1, 0.15) is 5.76 Å². The predicted octanol–water partition coefficient (Wildman–Crippen LogP) is 3.49. The van der Waals surface area contributed by atoms with Gasteiger partial charge in [0.25, 0.3) is 0 Å². The Kier molecular flexibility index (Phi) is 5.75. The third kappa shape index (κ3) is 4.14. The monoisotopic (exact) mass is 251 g/mol. The Morgan fingerprint density at radius 1 is 1.28 bits per heavy atom. The maximum atomic E-state index is 5.87. The van der Waals surface area contributed by atoms with Crippen LogP contribution in [0.4, 0.5) is 0 Å². The van der Waals surface area contributed by atoms with Crippen LogP contribution in [0.2, 0.25) is 0 Å². The number of nitrogens with one attached hydrogen (secondary N) is 1. The van der Waals surface area contributed by atoms with Crippen molar-refractivity contribution < 1.29 is 9.15 Å². The summed E-state index contributed by atoms with van der Waals surface area (Å²) in [5.41, 5.74) is 1.18. The van der Waals surface area contributed by atoms with E-state index in [4.69, 9.17) is 9.15 Å². The fourth-order valence-corrected chi connectivity index (χ4v) is 2.68. The van der Waals surface area contributed by atoms with Crippen LogP contribution in [-0.4, -0.2) is 13.7 Å². The number of hydrogen-bond acceptors (Lipinski definition) is 3. The molecule has 0 amide bonds. The molecule has 0 bridgehead atoms. The highest BCUT2D eigenvalue weighted by atomic mass is 16.5. The summed E-state index contributed by atoms with van der Waals surface area (Å²) in [6, 6.07) is 2.01. The molecule has 1 aromatic heterocycles. The van der Waals surface area contributed by atoms with Crippen molar-refractivity contribution in [1.82, 2.24) is 5.32 Å². The minimum Gasteiger partial charge on any atom is -0.468 e. The van der Waals surface area contributed by atoms with Crippen LogP contribution >= 0.6 is 0 Å². The Labute approximate surface area is 110 Å². The van der Waals surface area contributed by atoms with Crippen LogP contribution in [0, 0.1) is 5.92 Å². The van der Waals surface area contributed by atoms with Crippen molar-refractivity contribution in [1.29, 1.82) is 0 Å². The molecular formula is C15H25NO2. The Hall–Kier alpha value is -0.800. The molecule has 0 unspecified atom stereocenters. The maximum absolute atomic E-state index is 5.87. The third-order valence-electron chi connectivity index (χ3n) is 3.76. The first-order chi connectivity index (χ1) is 8.90. The van der Waals surface area contributed by atoms with Crippen LogP contribution < -0.4 is 5.32 Å². The second-order valence-corrected chi connectivity index (χ2v) is 5.27. The zero-order valence-electron chi connectivity index (χ0n) is 11.4. The fraction of sp³-hybridized carbons (Fsp3) is 0.733. The summed E-state index contributed by atoms with van der Waals surface area (Å²) >= 11 is 0. The highest BCUT2D eigenvalue weighted by Crippen LogP contribution is 2.23. The quantitative estimate of drug-likeness (QED) is 0.786. The van der Waals surface area contributed by atoms with E-state index < -0.39 is 0 Å². The van der Waals surface area contributed by atoms with E-state index >= 15 is 0 Å². The van der Waals surface area contributed by atoms with Crippen LogP contribution in [0.25, 0.3) is 0 Å². The zero-order chi connectivity index (χ0) is 12.6. The molecule has 1 N–H and O–H groups in total. The van der Waals surface area contributed by atoms with Crippen molar-refractivity contribution in [3.63, 3.8) is 0 Å². The molecule has 102 valence electrons. The molecule has 1 fully saturated rings. The summed E-state index contributed by atoms with van der Waals surface area (Å²) in [6.07, 6.45) is 10.0. The molecule has 1 aliphatic rings. The largest absolute Gasteiger partial charge is 0.468 e. The fourth-order valence-electron chi connectivity index (χ4n) is 2.68. The summed E-state index contributed by atoms with van der Waals surface area (Å²) in [5, 5.41) is 3.11. The van der Waals surface area contributed by atoms with Gasteiger partial charge in [0.2, 0.25) is 0 Å². The third-order valence-corrected chi connectivity index (χ3v) is 3.76. The molecule has 18 heavy (non-hydrogen) atoms. The van der Waals surface area contributed by atoms with Gasteiger partial charge in [-0.3, -0.25) is 0 Å². The lowest BCUT2D eigenvalue weighted by atomic mass is 10.0. The van der Waals surface area contributed by atoms with Crippen molar-refractivity contribution in [3.8, 4) is 0 Å². The minimum atomic E-state index is 0.685. The number of furan rings is 1. The lowest BCUT2D eigenvalue weighted by Crippen LogP contribution is -2.10. The topological polar surface area (TPSA) is 34.4 Å². The van der Waals surface area contributed by atoms with Gasteiger partial charge in [-0.2, -0.15) is 0 Å². The first-order valence-corrected chi connectivity index (χ1v) is 7.17. The van der Waals surface area contributed by atoms with Crippen molar-refractivity contribution in [2.45, 2.75) is 51.7 Å². The number of ether oxygens (including phenoxy) is 1. The molecule has 0 atom stereocenters. The molecule has 2 rings (SSSR count). The molecule has 0 spiro atoms. The van der Waals surface area contributed by atoms with E-state index in [-0.39, 0.29) is 0 Å². The molecule has 0 radical (unpaired) electrons.